The number of nitrogens with one attached hydrogen (secondary N) is 2. The number of thioether (sulfide) groups is 1. The molecule has 0 bridgehead atoms. The highest BCUT2D eigenvalue weighted by atomic mass is 32.2. The number of esters is 1. The lowest BCUT2D eigenvalue weighted by atomic mass is 10.0. The number of hydrogen-bond donors (Lipinski definition) is 2. The summed E-state index contributed by atoms with van der Waals surface area (Å²) in [6.07, 6.45) is 22.3. The van der Waals surface area contributed by atoms with Crippen LogP contribution in [0, 0.1) is 0 Å². The first-order valence-electron chi connectivity index (χ1n) is 18.6. The van der Waals surface area contributed by atoms with E-state index in [4.69, 9.17) is 9.47 Å². The number of ether oxygens (including phenoxy) is 2. The van der Waals surface area contributed by atoms with E-state index in [9.17, 15) is 24.0 Å². The monoisotopic (exact) mass is 725 g/mol. The average molecular weight is 726 g/mol. The summed E-state index contributed by atoms with van der Waals surface area (Å²) in [5.74, 6) is 0.930. The summed E-state index contributed by atoms with van der Waals surface area (Å²) in [5, 5.41) is 5.78. The normalized spacial score (nSPS) is 11.0. The van der Waals surface area contributed by atoms with Gasteiger partial charge < -0.3 is 24.7 Å². The van der Waals surface area contributed by atoms with Crippen molar-refractivity contribution in [2.75, 3.05) is 32.1 Å². The van der Waals surface area contributed by atoms with E-state index in [0.717, 1.165) is 42.6 Å². The molecule has 0 fully saturated rings. The van der Waals surface area contributed by atoms with Crippen LogP contribution in [0.25, 0.3) is 11.1 Å². The Morgan fingerprint density at radius 3 is 1.96 bits per heavy atom. The number of allylic oxidation sites excluding steroid dienone is 1. The fourth-order valence-electron chi connectivity index (χ4n) is 5.35. The number of pyridine rings is 1. The van der Waals surface area contributed by atoms with Crippen LogP contribution in [-0.2, 0) is 31.0 Å². The fourth-order valence-corrected chi connectivity index (χ4v) is 5.98. The van der Waals surface area contributed by atoms with Crippen molar-refractivity contribution in [1.82, 2.24) is 15.2 Å². The molecule has 0 saturated heterocycles. The number of carbonyl (C=O) groups excluding carboxylic acids is 4. The van der Waals surface area contributed by atoms with Crippen LogP contribution in [0.5, 0.6) is 5.75 Å². The van der Waals surface area contributed by atoms with Crippen LogP contribution < -0.4 is 20.9 Å². The zero-order valence-corrected chi connectivity index (χ0v) is 31.6. The van der Waals surface area contributed by atoms with E-state index in [0.29, 0.717) is 31.7 Å². The average Bonchev–Trinajstić information content (AvgIpc) is 3.11. The molecular formula is C40H59N3O7S. The van der Waals surface area contributed by atoms with Crippen molar-refractivity contribution >= 4 is 34.7 Å². The van der Waals surface area contributed by atoms with Crippen LogP contribution in [0.1, 0.15) is 110 Å². The molecule has 0 saturated carbocycles. The molecule has 0 radical (unpaired) electrons. The van der Waals surface area contributed by atoms with Crippen molar-refractivity contribution in [2.45, 2.75) is 110 Å². The molecule has 2 aromatic rings. The van der Waals surface area contributed by atoms with Crippen molar-refractivity contribution < 1.29 is 28.7 Å². The van der Waals surface area contributed by atoms with Gasteiger partial charge in [-0.05, 0) is 48.6 Å². The Kier molecular flexibility index (Phi) is 23.6. The molecule has 51 heavy (non-hydrogen) atoms. The molecule has 0 atom stereocenters. The Labute approximate surface area is 308 Å². The molecule has 0 aliphatic carbocycles. The number of benzene rings is 1. The molecule has 2 amide bonds. The molecule has 10 nitrogen and oxygen atoms in total. The van der Waals surface area contributed by atoms with Crippen LogP contribution in [0.4, 0.5) is 0 Å². The molecule has 2 rings (SSSR count). The molecule has 0 spiro atoms. The molecule has 1 heterocycles. The highest BCUT2D eigenvalue weighted by Crippen LogP contribution is 2.21. The first kappa shape index (κ1) is 43.3. The van der Waals surface area contributed by atoms with E-state index in [-0.39, 0.29) is 48.1 Å². The van der Waals surface area contributed by atoms with Crippen LogP contribution in [-0.4, -0.2) is 59.5 Å². The van der Waals surface area contributed by atoms with Gasteiger partial charge in [-0.1, -0.05) is 107 Å². The summed E-state index contributed by atoms with van der Waals surface area (Å²) in [6, 6.07) is 10.6. The fraction of sp³-hybridized carbons (Fsp3) is 0.575. The minimum atomic E-state index is -0.328. The maximum Gasteiger partial charge on any atom is 0.306 e. The minimum absolute atomic E-state index is 0.00463. The lowest BCUT2D eigenvalue weighted by Crippen LogP contribution is -2.28. The van der Waals surface area contributed by atoms with E-state index in [2.05, 4.69) is 10.6 Å². The largest absolute Gasteiger partial charge is 0.484 e. The SMILES string of the molecule is CC(=O)SCCCCCCCCCCCCCCCC(=O)NCCOC(=O)CC/C=C/CNC(=O)COc1ccc(-c2ccc(=O)n(C)c2)cc1. The van der Waals surface area contributed by atoms with Gasteiger partial charge in [0.15, 0.2) is 11.7 Å². The van der Waals surface area contributed by atoms with Gasteiger partial charge in [-0.25, -0.2) is 0 Å². The maximum atomic E-state index is 12.1. The Hall–Kier alpha value is -3.86. The van der Waals surface area contributed by atoms with Crippen LogP contribution in [0.15, 0.2) is 59.5 Å². The van der Waals surface area contributed by atoms with Crippen LogP contribution >= 0.6 is 11.8 Å². The lowest BCUT2D eigenvalue weighted by molar-refractivity contribution is -0.143. The summed E-state index contributed by atoms with van der Waals surface area (Å²) in [5.41, 5.74) is 1.77. The summed E-state index contributed by atoms with van der Waals surface area (Å²) in [4.78, 5) is 58.6. The molecule has 1 aromatic carbocycles. The van der Waals surface area contributed by atoms with Gasteiger partial charge in [0, 0.05) is 51.4 Å². The quantitative estimate of drug-likeness (QED) is 0.0532. The molecule has 2 N–H and O–H groups in total. The van der Waals surface area contributed by atoms with Gasteiger partial charge in [-0.15, -0.1) is 0 Å². The van der Waals surface area contributed by atoms with Crippen LogP contribution in [0.2, 0.25) is 0 Å². The van der Waals surface area contributed by atoms with Crippen molar-refractivity contribution in [3.63, 3.8) is 0 Å². The topological polar surface area (TPSA) is 133 Å². The number of nitrogens with zero attached hydrogens (tertiary/aromatic N) is 1. The number of rotatable bonds is 28. The second-order valence-corrected chi connectivity index (χ2v) is 14.0. The highest BCUT2D eigenvalue weighted by molar-refractivity contribution is 8.13. The van der Waals surface area contributed by atoms with Crippen molar-refractivity contribution in [3.8, 4) is 16.9 Å². The number of aromatic nitrogens is 1. The van der Waals surface area contributed by atoms with Gasteiger partial charge in [-0.3, -0.25) is 24.0 Å². The van der Waals surface area contributed by atoms with Gasteiger partial charge in [-0.2, -0.15) is 0 Å². The number of unbranched alkanes of at least 4 members (excludes halogenated alkanes) is 12. The van der Waals surface area contributed by atoms with Crippen LogP contribution in [0.3, 0.4) is 0 Å². The minimum Gasteiger partial charge on any atom is -0.484 e. The van der Waals surface area contributed by atoms with E-state index in [1.165, 1.54) is 80.2 Å². The van der Waals surface area contributed by atoms with E-state index < -0.39 is 0 Å². The smallest absolute Gasteiger partial charge is 0.306 e. The van der Waals surface area contributed by atoms with Crippen molar-refractivity contribution in [1.29, 1.82) is 0 Å². The summed E-state index contributed by atoms with van der Waals surface area (Å²) in [7, 11) is 1.70. The highest BCUT2D eigenvalue weighted by Gasteiger charge is 2.06. The first-order chi connectivity index (χ1) is 24.7. The maximum absolute atomic E-state index is 12.1. The van der Waals surface area contributed by atoms with Gasteiger partial charge in [0.1, 0.15) is 12.4 Å². The number of amides is 2. The summed E-state index contributed by atoms with van der Waals surface area (Å²) >= 11 is 1.44. The third kappa shape index (κ3) is 22.5. The number of carbonyl (C=O) groups is 4. The number of hydrogen-bond acceptors (Lipinski definition) is 8. The van der Waals surface area contributed by atoms with Gasteiger partial charge in [0.05, 0.1) is 6.54 Å². The molecule has 1 aromatic heterocycles. The molecular weight excluding hydrogens is 667 g/mol. The Morgan fingerprint density at radius 2 is 1.33 bits per heavy atom. The summed E-state index contributed by atoms with van der Waals surface area (Å²) in [6.45, 7) is 2.30. The third-order valence-electron chi connectivity index (χ3n) is 8.28. The molecule has 0 aliphatic rings. The number of aryl methyl sites for hydroxylation is 1. The van der Waals surface area contributed by atoms with Gasteiger partial charge >= 0.3 is 5.97 Å². The van der Waals surface area contributed by atoms with Gasteiger partial charge in [0.2, 0.25) is 11.5 Å². The second kappa shape index (κ2) is 27.8. The van der Waals surface area contributed by atoms with E-state index in [1.54, 1.807) is 44.4 Å². The molecule has 11 heteroatoms. The lowest BCUT2D eigenvalue weighted by Gasteiger charge is -2.08. The Balaban J connectivity index is 1.35. The predicted octanol–water partition coefficient (Wildman–Crippen LogP) is 7.28. The third-order valence-corrected chi connectivity index (χ3v) is 9.18. The standard InChI is InChI=1S/C40H59N3O7S/c1-33(44)51-30-18-13-11-9-7-5-3-4-6-8-10-12-15-19-37(45)42-28-29-49-40(48)20-16-14-17-27-41-38(46)32-50-36-24-21-34(22-25-36)35-23-26-39(47)43(2)31-35/h14,17,21-26,31H,3-13,15-16,18-20,27-30,32H2,1-2H3,(H,41,46)(H,42,45)/b17-14+. The Bertz CT molecular complexity index is 1390. The van der Waals surface area contributed by atoms with Crippen molar-refractivity contribution in [3.05, 3.63) is 65.1 Å². The molecule has 282 valence electrons. The molecule has 0 aliphatic heterocycles. The zero-order valence-electron chi connectivity index (χ0n) is 30.8. The van der Waals surface area contributed by atoms with E-state index >= 15 is 0 Å². The summed E-state index contributed by atoms with van der Waals surface area (Å²) < 4.78 is 12.3. The van der Waals surface area contributed by atoms with E-state index in [1.807, 2.05) is 18.2 Å². The second-order valence-electron chi connectivity index (χ2n) is 12.8. The van der Waals surface area contributed by atoms with Crippen molar-refractivity contribution in [2.24, 2.45) is 7.05 Å². The molecule has 0 unspecified atom stereocenters. The van der Waals surface area contributed by atoms with Gasteiger partial charge in [0.25, 0.3) is 5.91 Å². The first-order valence-corrected chi connectivity index (χ1v) is 19.6. The predicted molar refractivity (Wildman–Crippen MR) is 206 cm³/mol. The zero-order chi connectivity index (χ0) is 36.9. The Morgan fingerprint density at radius 1 is 0.725 bits per heavy atom.